The highest BCUT2D eigenvalue weighted by Gasteiger charge is 2.16. The number of hydrogen-bond acceptors (Lipinski definition) is 3. The van der Waals surface area contributed by atoms with Crippen molar-refractivity contribution in [2.24, 2.45) is 0 Å². The van der Waals surface area contributed by atoms with Crippen molar-refractivity contribution in [3.8, 4) is 5.75 Å². The van der Waals surface area contributed by atoms with Gasteiger partial charge in [0.25, 0.3) is 12.4 Å². The van der Waals surface area contributed by atoms with E-state index in [4.69, 9.17) is 4.74 Å². The predicted octanol–water partition coefficient (Wildman–Crippen LogP) is 2.06. The standard InChI is InChI=1S/C13H17NO3/c1-9-5-10(7-11(6-9)17-8-15)12(16)14-13(2,3)4/h5-8H,1-4H3,(H,14,16). The van der Waals surface area contributed by atoms with Crippen molar-refractivity contribution >= 4 is 12.4 Å². The number of ether oxygens (including phenoxy) is 1. The average molecular weight is 235 g/mol. The molecule has 17 heavy (non-hydrogen) atoms. The van der Waals surface area contributed by atoms with Gasteiger partial charge in [-0.15, -0.1) is 0 Å². The maximum atomic E-state index is 11.9. The van der Waals surface area contributed by atoms with Crippen LogP contribution >= 0.6 is 0 Å². The van der Waals surface area contributed by atoms with Crippen molar-refractivity contribution in [3.63, 3.8) is 0 Å². The summed E-state index contributed by atoms with van der Waals surface area (Å²) in [5, 5.41) is 2.85. The fourth-order valence-corrected chi connectivity index (χ4v) is 1.42. The monoisotopic (exact) mass is 235 g/mol. The second kappa shape index (κ2) is 4.99. The van der Waals surface area contributed by atoms with Crippen LogP contribution in [0.4, 0.5) is 0 Å². The van der Waals surface area contributed by atoms with E-state index in [1.54, 1.807) is 18.2 Å². The molecule has 1 amide bonds. The van der Waals surface area contributed by atoms with Gasteiger partial charge in [-0.2, -0.15) is 0 Å². The van der Waals surface area contributed by atoms with Crippen LogP contribution in [0.1, 0.15) is 36.7 Å². The highest BCUT2D eigenvalue weighted by atomic mass is 16.5. The second-order valence-electron chi connectivity index (χ2n) is 4.95. The zero-order valence-electron chi connectivity index (χ0n) is 10.5. The van der Waals surface area contributed by atoms with Gasteiger partial charge in [0.15, 0.2) is 0 Å². The van der Waals surface area contributed by atoms with Gasteiger partial charge in [0, 0.05) is 11.1 Å². The van der Waals surface area contributed by atoms with Crippen LogP contribution in [0.25, 0.3) is 0 Å². The van der Waals surface area contributed by atoms with Gasteiger partial charge < -0.3 is 10.1 Å². The first kappa shape index (κ1) is 13.2. The molecule has 4 nitrogen and oxygen atoms in total. The first-order valence-electron chi connectivity index (χ1n) is 5.36. The third kappa shape index (κ3) is 4.26. The maximum Gasteiger partial charge on any atom is 0.298 e. The van der Waals surface area contributed by atoms with E-state index in [0.717, 1.165) is 5.56 Å². The predicted molar refractivity (Wildman–Crippen MR) is 65.1 cm³/mol. The van der Waals surface area contributed by atoms with Crippen molar-refractivity contribution in [2.75, 3.05) is 0 Å². The molecule has 0 aliphatic heterocycles. The molecule has 1 rings (SSSR count). The summed E-state index contributed by atoms with van der Waals surface area (Å²) in [7, 11) is 0. The lowest BCUT2D eigenvalue weighted by Gasteiger charge is -2.20. The molecule has 1 N–H and O–H groups in total. The minimum atomic E-state index is -0.299. The molecule has 0 spiro atoms. The van der Waals surface area contributed by atoms with E-state index >= 15 is 0 Å². The lowest BCUT2D eigenvalue weighted by molar-refractivity contribution is -0.120. The van der Waals surface area contributed by atoms with Crippen molar-refractivity contribution in [1.82, 2.24) is 5.32 Å². The van der Waals surface area contributed by atoms with Crippen molar-refractivity contribution in [2.45, 2.75) is 33.2 Å². The summed E-state index contributed by atoms with van der Waals surface area (Å²) in [4.78, 5) is 22.2. The molecule has 0 saturated carbocycles. The lowest BCUT2D eigenvalue weighted by atomic mass is 10.1. The number of benzene rings is 1. The summed E-state index contributed by atoms with van der Waals surface area (Å²) in [6, 6.07) is 4.99. The molecule has 92 valence electrons. The maximum absolute atomic E-state index is 11.9. The molecule has 0 fully saturated rings. The minimum absolute atomic E-state index is 0.183. The first-order chi connectivity index (χ1) is 7.81. The fraction of sp³-hybridized carbons (Fsp3) is 0.385. The van der Waals surface area contributed by atoms with E-state index in [2.05, 4.69) is 5.32 Å². The number of hydrogen-bond donors (Lipinski definition) is 1. The summed E-state index contributed by atoms with van der Waals surface area (Å²) in [6.45, 7) is 7.91. The third-order valence-electron chi connectivity index (χ3n) is 1.99. The number of amides is 1. The third-order valence-corrected chi connectivity index (χ3v) is 1.99. The number of carbonyl (C=O) groups is 2. The Balaban J connectivity index is 2.97. The van der Waals surface area contributed by atoms with E-state index < -0.39 is 0 Å². The van der Waals surface area contributed by atoms with Gasteiger partial charge >= 0.3 is 0 Å². The molecule has 0 aliphatic rings. The van der Waals surface area contributed by atoms with E-state index in [-0.39, 0.29) is 11.4 Å². The van der Waals surface area contributed by atoms with Crippen LogP contribution in [0.2, 0.25) is 0 Å². The van der Waals surface area contributed by atoms with Crippen LogP contribution < -0.4 is 10.1 Å². The first-order valence-corrected chi connectivity index (χ1v) is 5.36. The molecule has 0 radical (unpaired) electrons. The van der Waals surface area contributed by atoms with Gasteiger partial charge in [-0.25, -0.2) is 0 Å². The summed E-state index contributed by atoms with van der Waals surface area (Å²) >= 11 is 0. The largest absolute Gasteiger partial charge is 0.429 e. The van der Waals surface area contributed by atoms with E-state index in [1.807, 2.05) is 27.7 Å². The number of nitrogens with one attached hydrogen (secondary N) is 1. The van der Waals surface area contributed by atoms with Crippen LogP contribution in [0.3, 0.4) is 0 Å². The quantitative estimate of drug-likeness (QED) is 0.816. The smallest absolute Gasteiger partial charge is 0.298 e. The molecule has 0 bridgehead atoms. The van der Waals surface area contributed by atoms with Gasteiger partial charge in [-0.05, 0) is 51.5 Å². The average Bonchev–Trinajstić information content (AvgIpc) is 2.14. The summed E-state index contributed by atoms with van der Waals surface area (Å²) < 4.78 is 4.75. The molecule has 0 aliphatic carbocycles. The van der Waals surface area contributed by atoms with Crippen molar-refractivity contribution in [3.05, 3.63) is 29.3 Å². The lowest BCUT2D eigenvalue weighted by Crippen LogP contribution is -2.40. The molecule has 0 saturated heterocycles. The second-order valence-corrected chi connectivity index (χ2v) is 4.95. The molecule has 0 aromatic heterocycles. The summed E-state index contributed by atoms with van der Waals surface area (Å²) in [5.74, 6) is 0.191. The van der Waals surface area contributed by atoms with Crippen molar-refractivity contribution in [1.29, 1.82) is 0 Å². The molecule has 0 atom stereocenters. The highest BCUT2D eigenvalue weighted by molar-refractivity contribution is 5.95. The normalized spacial score (nSPS) is 10.8. The fourth-order valence-electron chi connectivity index (χ4n) is 1.42. The Morgan fingerprint density at radius 3 is 2.47 bits per heavy atom. The number of aryl methyl sites for hydroxylation is 1. The van der Waals surface area contributed by atoms with Crippen LogP contribution in [-0.2, 0) is 4.79 Å². The van der Waals surface area contributed by atoms with Crippen LogP contribution in [0.5, 0.6) is 5.75 Å². The summed E-state index contributed by atoms with van der Waals surface area (Å²) in [6.07, 6.45) is 0. The summed E-state index contributed by atoms with van der Waals surface area (Å²) in [5.41, 5.74) is 1.05. The van der Waals surface area contributed by atoms with Crippen LogP contribution in [0, 0.1) is 6.92 Å². The Labute approximate surface area is 101 Å². The van der Waals surface area contributed by atoms with Crippen LogP contribution in [-0.4, -0.2) is 17.9 Å². The zero-order chi connectivity index (χ0) is 13.1. The molecule has 0 heterocycles. The Morgan fingerprint density at radius 1 is 1.29 bits per heavy atom. The van der Waals surface area contributed by atoms with Gasteiger partial charge in [-0.1, -0.05) is 0 Å². The van der Waals surface area contributed by atoms with Crippen molar-refractivity contribution < 1.29 is 14.3 Å². The Morgan fingerprint density at radius 2 is 1.94 bits per heavy atom. The molecular formula is C13H17NO3. The molecule has 0 unspecified atom stereocenters. The minimum Gasteiger partial charge on any atom is -0.429 e. The Bertz CT molecular complexity index is 433. The van der Waals surface area contributed by atoms with Gasteiger partial charge in [0.05, 0.1) is 0 Å². The number of rotatable bonds is 3. The van der Waals surface area contributed by atoms with Crippen LogP contribution in [0.15, 0.2) is 18.2 Å². The molecule has 4 heteroatoms. The number of carbonyl (C=O) groups excluding carboxylic acids is 2. The molecular weight excluding hydrogens is 218 g/mol. The van der Waals surface area contributed by atoms with Gasteiger partial charge in [0.1, 0.15) is 5.75 Å². The Hall–Kier alpha value is -1.84. The van der Waals surface area contributed by atoms with E-state index in [9.17, 15) is 9.59 Å². The van der Waals surface area contributed by atoms with E-state index in [1.165, 1.54) is 0 Å². The topological polar surface area (TPSA) is 55.4 Å². The highest BCUT2D eigenvalue weighted by Crippen LogP contribution is 2.17. The molecule has 1 aromatic rings. The van der Waals surface area contributed by atoms with Gasteiger partial charge in [-0.3, -0.25) is 9.59 Å². The zero-order valence-corrected chi connectivity index (χ0v) is 10.5. The van der Waals surface area contributed by atoms with Gasteiger partial charge in [0.2, 0.25) is 0 Å². The van der Waals surface area contributed by atoms with E-state index in [0.29, 0.717) is 17.8 Å². The Kier molecular flexibility index (Phi) is 3.89. The SMILES string of the molecule is Cc1cc(OC=O)cc(C(=O)NC(C)(C)C)c1. The molecule has 1 aromatic carbocycles.